The number of nitrogens with zero attached hydrogens (tertiary/aromatic N) is 3. The first-order chi connectivity index (χ1) is 16.6. The fourth-order valence-corrected chi connectivity index (χ4v) is 3.76. The van der Waals surface area contributed by atoms with Crippen LogP contribution >= 0.6 is 0 Å². The van der Waals surface area contributed by atoms with Gasteiger partial charge in [-0.05, 0) is 25.8 Å². The Balaban J connectivity index is 2.08. The topological polar surface area (TPSA) is 133 Å². The van der Waals surface area contributed by atoms with Gasteiger partial charge in [0.25, 0.3) is 17.2 Å². The van der Waals surface area contributed by atoms with Crippen LogP contribution in [-0.2, 0) is 16.1 Å². The third kappa shape index (κ3) is 6.08. The molecule has 184 valence electrons. The Morgan fingerprint density at radius 1 is 1.06 bits per heavy atom. The van der Waals surface area contributed by atoms with Crippen molar-refractivity contribution in [3.8, 4) is 0 Å². The second kappa shape index (κ2) is 10.9. The van der Waals surface area contributed by atoms with Crippen molar-refractivity contribution in [1.82, 2.24) is 15.1 Å². The number of nitro groups is 1. The smallest absolute Gasteiger partial charge is 0.308 e. The highest BCUT2D eigenvalue weighted by Crippen LogP contribution is 2.28. The van der Waals surface area contributed by atoms with Gasteiger partial charge < -0.3 is 10.1 Å². The van der Waals surface area contributed by atoms with Crippen molar-refractivity contribution in [2.75, 3.05) is 0 Å². The van der Waals surface area contributed by atoms with E-state index in [0.29, 0.717) is 17.3 Å². The van der Waals surface area contributed by atoms with Crippen LogP contribution in [-0.4, -0.2) is 32.7 Å². The molecular weight excluding hydrogens is 452 g/mol. The van der Waals surface area contributed by atoms with Gasteiger partial charge in [0, 0.05) is 18.0 Å². The molecule has 1 atom stereocenters. The number of hydrogen-bond acceptors (Lipinski definition) is 7. The van der Waals surface area contributed by atoms with Gasteiger partial charge in [-0.2, -0.15) is 5.10 Å². The molecule has 0 spiro atoms. The molecule has 0 aliphatic heterocycles. The number of benzene rings is 2. The van der Waals surface area contributed by atoms with Crippen LogP contribution in [0, 0.1) is 16.0 Å². The minimum atomic E-state index is -1.05. The fourth-order valence-electron chi connectivity index (χ4n) is 3.76. The number of hydrogen-bond donors (Lipinski definition) is 1. The Hall–Kier alpha value is -4.08. The minimum absolute atomic E-state index is 0.0124. The molecule has 10 heteroatoms. The molecule has 35 heavy (non-hydrogen) atoms. The zero-order chi connectivity index (χ0) is 25.7. The predicted molar refractivity (Wildman–Crippen MR) is 130 cm³/mol. The van der Waals surface area contributed by atoms with E-state index in [2.05, 4.69) is 10.4 Å². The number of fused-ring (bicyclic) bond motifs is 1. The molecule has 1 amide bonds. The second-order valence-corrected chi connectivity index (χ2v) is 8.86. The molecule has 0 aliphatic carbocycles. The maximum atomic E-state index is 13.5. The normalized spacial score (nSPS) is 12.1. The van der Waals surface area contributed by atoms with Gasteiger partial charge in [-0.1, -0.05) is 50.2 Å². The summed E-state index contributed by atoms with van der Waals surface area (Å²) in [6, 6.07) is 11.4. The third-order valence-electron chi connectivity index (χ3n) is 5.17. The summed E-state index contributed by atoms with van der Waals surface area (Å²) >= 11 is 0. The standard InChI is InChI=1S/C25H28N4O6/c1-15(2)14-28-25(32)18-10-6-5-9-17(18)23(27-28)24(31)26-20(13-22(30)35-16(3)4)19-11-7-8-12-21(19)29(33)34/h5-12,15-16,20H,13-14H2,1-4H3,(H,26,31). The lowest BCUT2D eigenvalue weighted by molar-refractivity contribution is -0.385. The quantitative estimate of drug-likeness (QED) is 0.280. The van der Waals surface area contributed by atoms with E-state index in [0.717, 1.165) is 0 Å². The zero-order valence-electron chi connectivity index (χ0n) is 20.1. The van der Waals surface area contributed by atoms with E-state index in [1.54, 1.807) is 44.2 Å². The highest BCUT2D eigenvalue weighted by molar-refractivity contribution is 6.05. The largest absolute Gasteiger partial charge is 0.463 e. The molecule has 0 saturated carbocycles. The number of nitrogens with one attached hydrogen (secondary N) is 1. The SMILES string of the molecule is CC(C)Cn1nc(C(=O)NC(CC(=O)OC(C)C)c2ccccc2[N+](=O)[O-])c2ccccc2c1=O. The molecule has 0 aliphatic rings. The summed E-state index contributed by atoms with van der Waals surface area (Å²) < 4.78 is 6.46. The maximum Gasteiger partial charge on any atom is 0.308 e. The molecule has 0 fully saturated rings. The Kier molecular flexibility index (Phi) is 7.95. The first-order valence-electron chi connectivity index (χ1n) is 11.3. The Labute approximate surface area is 202 Å². The van der Waals surface area contributed by atoms with Gasteiger partial charge in [0.1, 0.15) is 0 Å². The van der Waals surface area contributed by atoms with Crippen LogP contribution in [0.4, 0.5) is 5.69 Å². The van der Waals surface area contributed by atoms with Gasteiger partial charge in [-0.25, -0.2) is 4.68 Å². The number of amides is 1. The lowest BCUT2D eigenvalue weighted by Crippen LogP contribution is -2.35. The Morgan fingerprint density at radius 3 is 2.31 bits per heavy atom. The van der Waals surface area contributed by atoms with Gasteiger partial charge in [0.15, 0.2) is 5.69 Å². The fraction of sp³-hybridized carbons (Fsp3) is 0.360. The molecule has 3 rings (SSSR count). The van der Waals surface area contributed by atoms with Gasteiger partial charge in [0.2, 0.25) is 0 Å². The zero-order valence-corrected chi connectivity index (χ0v) is 20.1. The summed E-state index contributed by atoms with van der Waals surface area (Å²) in [5, 5.41) is 19.3. The van der Waals surface area contributed by atoms with Crippen LogP contribution in [0.15, 0.2) is 53.3 Å². The molecule has 0 radical (unpaired) electrons. The van der Waals surface area contributed by atoms with E-state index < -0.39 is 28.9 Å². The van der Waals surface area contributed by atoms with Crippen molar-refractivity contribution in [3.63, 3.8) is 0 Å². The first-order valence-corrected chi connectivity index (χ1v) is 11.3. The van der Waals surface area contributed by atoms with Crippen molar-refractivity contribution in [1.29, 1.82) is 0 Å². The van der Waals surface area contributed by atoms with Crippen LogP contribution < -0.4 is 10.9 Å². The monoisotopic (exact) mass is 480 g/mol. The molecule has 3 aromatic rings. The number of rotatable bonds is 9. The summed E-state index contributed by atoms with van der Waals surface area (Å²) in [6.45, 7) is 7.52. The number of carbonyl (C=O) groups excluding carboxylic acids is 2. The van der Waals surface area contributed by atoms with E-state index in [1.807, 2.05) is 13.8 Å². The maximum absolute atomic E-state index is 13.5. The molecule has 0 bridgehead atoms. The van der Waals surface area contributed by atoms with Crippen molar-refractivity contribution in [2.24, 2.45) is 5.92 Å². The summed E-state index contributed by atoms with van der Waals surface area (Å²) in [5.41, 5.74) is -0.410. The average Bonchev–Trinajstić information content (AvgIpc) is 2.79. The van der Waals surface area contributed by atoms with Crippen LogP contribution in [0.3, 0.4) is 0 Å². The van der Waals surface area contributed by atoms with Gasteiger partial charge in [-0.15, -0.1) is 0 Å². The van der Waals surface area contributed by atoms with E-state index in [4.69, 9.17) is 4.74 Å². The number of aromatic nitrogens is 2. The number of esters is 1. The van der Waals surface area contributed by atoms with Crippen LogP contribution in [0.5, 0.6) is 0 Å². The van der Waals surface area contributed by atoms with E-state index in [9.17, 15) is 24.5 Å². The number of carbonyl (C=O) groups is 2. The molecule has 1 N–H and O–H groups in total. The molecule has 10 nitrogen and oxygen atoms in total. The van der Waals surface area contributed by atoms with Crippen LogP contribution in [0.2, 0.25) is 0 Å². The van der Waals surface area contributed by atoms with E-state index in [-0.39, 0.29) is 34.8 Å². The molecule has 1 aromatic heterocycles. The van der Waals surface area contributed by atoms with Gasteiger partial charge >= 0.3 is 5.97 Å². The van der Waals surface area contributed by atoms with E-state index in [1.165, 1.54) is 22.9 Å². The van der Waals surface area contributed by atoms with Crippen LogP contribution in [0.25, 0.3) is 10.8 Å². The summed E-state index contributed by atoms with van der Waals surface area (Å²) in [7, 11) is 0. The van der Waals surface area contributed by atoms with Crippen molar-refractivity contribution in [2.45, 2.75) is 52.8 Å². The second-order valence-electron chi connectivity index (χ2n) is 8.86. The summed E-state index contributed by atoms with van der Waals surface area (Å²) in [4.78, 5) is 49.9. The Morgan fingerprint density at radius 2 is 1.69 bits per heavy atom. The molecular formula is C25H28N4O6. The highest BCUT2D eigenvalue weighted by atomic mass is 16.6. The number of para-hydroxylation sites is 1. The third-order valence-corrected chi connectivity index (χ3v) is 5.17. The molecule has 1 heterocycles. The summed E-state index contributed by atoms with van der Waals surface area (Å²) in [5.74, 6) is -1.19. The number of ether oxygens (including phenoxy) is 1. The lowest BCUT2D eigenvalue weighted by Gasteiger charge is -2.20. The average molecular weight is 481 g/mol. The lowest BCUT2D eigenvalue weighted by atomic mass is 10.0. The first kappa shape index (κ1) is 25.5. The molecule has 1 unspecified atom stereocenters. The van der Waals surface area contributed by atoms with Gasteiger partial charge in [-0.3, -0.25) is 24.5 Å². The Bertz CT molecular complexity index is 1310. The minimum Gasteiger partial charge on any atom is -0.463 e. The van der Waals surface area contributed by atoms with Crippen LogP contribution in [0.1, 0.15) is 56.2 Å². The summed E-state index contributed by atoms with van der Waals surface area (Å²) in [6.07, 6.45) is -0.715. The van der Waals surface area contributed by atoms with E-state index >= 15 is 0 Å². The van der Waals surface area contributed by atoms with Crippen molar-refractivity contribution >= 4 is 28.3 Å². The number of nitro benzene ring substituents is 1. The molecule has 0 saturated heterocycles. The highest BCUT2D eigenvalue weighted by Gasteiger charge is 2.28. The van der Waals surface area contributed by atoms with Crippen molar-refractivity contribution in [3.05, 3.63) is 80.3 Å². The van der Waals surface area contributed by atoms with Crippen molar-refractivity contribution < 1.29 is 19.2 Å². The molecule has 2 aromatic carbocycles. The van der Waals surface area contributed by atoms with Gasteiger partial charge in [0.05, 0.1) is 34.4 Å². The predicted octanol–water partition coefficient (Wildman–Crippen LogP) is 3.77.